The van der Waals surface area contributed by atoms with Gasteiger partial charge in [0.15, 0.2) is 0 Å². The molecular weight excluding hydrogens is 649 g/mol. The summed E-state index contributed by atoms with van der Waals surface area (Å²) in [6.45, 7) is 0. The minimum Gasteiger partial charge on any atom is -0.0622 e. The van der Waals surface area contributed by atoms with Gasteiger partial charge in [0.05, 0.1) is 0 Å². The van der Waals surface area contributed by atoms with Gasteiger partial charge in [0.2, 0.25) is 0 Å². The van der Waals surface area contributed by atoms with E-state index in [0.29, 0.717) is 0 Å². The minimum atomic E-state index is 0.863. The van der Waals surface area contributed by atoms with Crippen molar-refractivity contribution < 1.29 is 0 Å². The van der Waals surface area contributed by atoms with Gasteiger partial charge >= 0.3 is 0 Å². The first-order chi connectivity index (χ1) is 26.7. The van der Waals surface area contributed by atoms with Gasteiger partial charge in [0.25, 0.3) is 0 Å². The topological polar surface area (TPSA) is 0 Å². The van der Waals surface area contributed by atoms with Crippen molar-refractivity contribution >= 4 is 36.5 Å². The van der Waals surface area contributed by atoms with E-state index >= 15 is 0 Å². The van der Waals surface area contributed by atoms with Crippen LogP contribution in [0.3, 0.4) is 0 Å². The van der Waals surface area contributed by atoms with Crippen LogP contribution in [0, 0.1) is 35.5 Å². The Balaban J connectivity index is 1.11. The normalized spacial score (nSPS) is 10.7. The van der Waals surface area contributed by atoms with E-state index < -0.39 is 0 Å². The maximum Gasteiger partial charge on any atom is 0.0273 e. The third-order valence-corrected chi connectivity index (χ3v) is 8.52. The standard InChI is InChI=1S/C54H36/c1-4-10-43(11-5-1)16-19-46-22-28-49(29-23-46)34-37-52-40-53(38-35-50-30-24-47(25-31-50)20-17-44-12-6-2-7-13-44)42-54(41-52)39-36-51-32-26-48(27-33-51)21-18-45-14-8-3-9-15-45/h1-33,40-42H/b19-16+,20-17+,21-18+. The van der Waals surface area contributed by atoms with Crippen LogP contribution in [0.2, 0.25) is 0 Å². The lowest BCUT2D eigenvalue weighted by atomic mass is 10.0. The second-order valence-corrected chi connectivity index (χ2v) is 12.6. The van der Waals surface area contributed by atoms with E-state index in [1.807, 2.05) is 72.8 Å². The Morgan fingerprint density at radius 3 is 0.648 bits per heavy atom. The average molecular weight is 685 g/mol. The van der Waals surface area contributed by atoms with Crippen molar-refractivity contribution in [3.05, 3.63) is 249 Å². The monoisotopic (exact) mass is 684 g/mol. The summed E-state index contributed by atoms with van der Waals surface area (Å²) < 4.78 is 0. The molecule has 0 saturated carbocycles. The highest BCUT2D eigenvalue weighted by atomic mass is 14.0. The van der Waals surface area contributed by atoms with Gasteiger partial charge in [-0.15, -0.1) is 0 Å². The third-order valence-electron chi connectivity index (χ3n) is 8.52. The van der Waals surface area contributed by atoms with E-state index in [9.17, 15) is 0 Å². The van der Waals surface area contributed by atoms with Gasteiger partial charge in [0, 0.05) is 33.4 Å². The van der Waals surface area contributed by atoms with E-state index in [4.69, 9.17) is 0 Å². The molecule has 0 bridgehead atoms. The smallest absolute Gasteiger partial charge is 0.0273 e. The van der Waals surface area contributed by atoms with Crippen LogP contribution in [0.5, 0.6) is 0 Å². The summed E-state index contributed by atoms with van der Waals surface area (Å²) in [5, 5.41) is 0. The molecule has 7 aromatic carbocycles. The van der Waals surface area contributed by atoms with E-state index in [0.717, 1.165) is 50.1 Å². The molecule has 0 unspecified atom stereocenters. The molecule has 0 aliphatic carbocycles. The molecule has 0 aliphatic rings. The van der Waals surface area contributed by atoms with Gasteiger partial charge < -0.3 is 0 Å². The van der Waals surface area contributed by atoms with Crippen molar-refractivity contribution in [1.82, 2.24) is 0 Å². The van der Waals surface area contributed by atoms with Crippen LogP contribution in [0.15, 0.2) is 182 Å². The Morgan fingerprint density at radius 2 is 0.407 bits per heavy atom. The van der Waals surface area contributed by atoms with Crippen LogP contribution in [0.1, 0.15) is 66.8 Å². The van der Waals surface area contributed by atoms with Crippen molar-refractivity contribution in [2.45, 2.75) is 0 Å². The largest absolute Gasteiger partial charge is 0.0622 e. The molecular formula is C54H36. The van der Waals surface area contributed by atoms with Crippen LogP contribution >= 0.6 is 0 Å². The lowest BCUT2D eigenvalue weighted by Crippen LogP contribution is -1.86. The zero-order valence-electron chi connectivity index (χ0n) is 29.8. The molecule has 0 atom stereocenters. The summed E-state index contributed by atoms with van der Waals surface area (Å²) in [6, 6.07) is 61.9. The Kier molecular flexibility index (Phi) is 11.7. The number of hydrogen-bond donors (Lipinski definition) is 0. The maximum absolute atomic E-state index is 3.37. The Hall–Kier alpha value is -7.56. The second kappa shape index (κ2) is 18.1. The summed E-state index contributed by atoms with van der Waals surface area (Å²) in [7, 11) is 0. The van der Waals surface area contributed by atoms with Crippen molar-refractivity contribution in [3.8, 4) is 35.5 Å². The van der Waals surface area contributed by atoms with E-state index in [2.05, 4.69) is 181 Å². The van der Waals surface area contributed by atoms with Crippen LogP contribution in [-0.2, 0) is 0 Å². The molecule has 54 heavy (non-hydrogen) atoms. The fourth-order valence-corrected chi connectivity index (χ4v) is 5.58. The highest BCUT2D eigenvalue weighted by molar-refractivity contribution is 5.72. The minimum absolute atomic E-state index is 0.863. The van der Waals surface area contributed by atoms with Crippen LogP contribution in [-0.4, -0.2) is 0 Å². The van der Waals surface area contributed by atoms with E-state index in [1.54, 1.807) is 0 Å². The predicted octanol–water partition coefficient (Wildman–Crippen LogP) is 12.4. The van der Waals surface area contributed by atoms with Crippen LogP contribution < -0.4 is 0 Å². The van der Waals surface area contributed by atoms with Gasteiger partial charge in [-0.2, -0.15) is 0 Å². The van der Waals surface area contributed by atoms with Crippen LogP contribution in [0.4, 0.5) is 0 Å². The number of rotatable bonds is 6. The Bertz CT molecular complexity index is 2280. The molecule has 0 aromatic heterocycles. The molecule has 7 rings (SSSR count). The fraction of sp³-hybridized carbons (Fsp3) is 0. The summed E-state index contributed by atoms with van der Waals surface area (Å²) >= 11 is 0. The molecule has 0 heteroatoms. The van der Waals surface area contributed by atoms with Gasteiger partial charge in [0.1, 0.15) is 0 Å². The first kappa shape index (κ1) is 34.9. The molecule has 7 aromatic rings. The summed E-state index contributed by atoms with van der Waals surface area (Å²) in [5.41, 5.74) is 12.3. The third kappa shape index (κ3) is 10.7. The van der Waals surface area contributed by atoms with Crippen molar-refractivity contribution in [1.29, 1.82) is 0 Å². The summed E-state index contributed by atoms with van der Waals surface area (Å²) in [6.07, 6.45) is 12.7. The molecule has 0 amide bonds. The Morgan fingerprint density at radius 1 is 0.204 bits per heavy atom. The van der Waals surface area contributed by atoms with Gasteiger partial charge in [-0.3, -0.25) is 0 Å². The summed E-state index contributed by atoms with van der Waals surface area (Å²) in [5.74, 6) is 20.1. The SMILES string of the molecule is C(#Cc1cc(C#Cc2ccc(/C=C/c3ccccc3)cc2)cc(C#Cc2ccc(/C=C/c3ccccc3)cc2)c1)c1ccc(/C=C/c2ccccc2)cc1. The molecule has 0 heterocycles. The number of hydrogen-bond acceptors (Lipinski definition) is 0. The van der Waals surface area contributed by atoms with E-state index in [1.165, 1.54) is 16.7 Å². The molecule has 0 aliphatic heterocycles. The second-order valence-electron chi connectivity index (χ2n) is 12.6. The fourth-order valence-electron chi connectivity index (χ4n) is 5.58. The molecule has 0 saturated heterocycles. The highest BCUT2D eigenvalue weighted by Crippen LogP contribution is 2.14. The lowest BCUT2D eigenvalue weighted by Gasteiger charge is -1.99. The average Bonchev–Trinajstić information content (AvgIpc) is 3.24. The lowest BCUT2D eigenvalue weighted by molar-refractivity contribution is 1.54. The molecule has 0 radical (unpaired) electrons. The zero-order valence-corrected chi connectivity index (χ0v) is 29.8. The molecule has 0 nitrogen and oxygen atoms in total. The van der Waals surface area contributed by atoms with Gasteiger partial charge in [-0.25, -0.2) is 0 Å². The predicted molar refractivity (Wildman–Crippen MR) is 230 cm³/mol. The number of benzene rings is 7. The van der Waals surface area contributed by atoms with Gasteiger partial charge in [-0.05, 0) is 88.0 Å². The van der Waals surface area contributed by atoms with Crippen molar-refractivity contribution in [2.75, 3.05) is 0 Å². The summed E-state index contributed by atoms with van der Waals surface area (Å²) in [4.78, 5) is 0. The first-order valence-corrected chi connectivity index (χ1v) is 17.9. The van der Waals surface area contributed by atoms with Crippen molar-refractivity contribution in [3.63, 3.8) is 0 Å². The zero-order chi connectivity index (χ0) is 36.6. The maximum atomic E-state index is 3.37. The Labute approximate surface area is 319 Å². The highest BCUT2D eigenvalue weighted by Gasteiger charge is 1.99. The van der Waals surface area contributed by atoms with Gasteiger partial charge in [-0.1, -0.05) is 199 Å². The molecule has 0 spiro atoms. The molecule has 0 N–H and O–H groups in total. The molecule has 0 fully saturated rings. The first-order valence-electron chi connectivity index (χ1n) is 17.9. The molecule has 252 valence electrons. The van der Waals surface area contributed by atoms with E-state index in [-0.39, 0.29) is 0 Å². The van der Waals surface area contributed by atoms with Crippen molar-refractivity contribution in [2.24, 2.45) is 0 Å². The quantitative estimate of drug-likeness (QED) is 0.121. The van der Waals surface area contributed by atoms with Crippen LogP contribution in [0.25, 0.3) is 36.5 Å².